The molecule has 0 radical (unpaired) electrons. The number of aryl methyl sites for hydroxylation is 3. The molecule has 21 heavy (non-hydrogen) atoms. The topological polar surface area (TPSA) is 21.3 Å². The predicted octanol–water partition coefficient (Wildman–Crippen LogP) is 4.09. The molecule has 1 unspecified atom stereocenters. The van der Waals surface area contributed by atoms with E-state index in [1.54, 1.807) is 12.1 Å². The zero-order chi connectivity index (χ0) is 15.4. The molecule has 0 amide bonds. The lowest BCUT2D eigenvalue weighted by Gasteiger charge is -2.20. The van der Waals surface area contributed by atoms with Gasteiger partial charge in [-0.2, -0.15) is 0 Å². The summed E-state index contributed by atoms with van der Waals surface area (Å²) in [6, 6.07) is 11.3. The summed E-state index contributed by atoms with van der Waals surface area (Å²) in [5, 5.41) is 3.24. The van der Waals surface area contributed by atoms with Crippen molar-refractivity contribution in [3.63, 3.8) is 0 Å². The molecule has 0 aromatic heterocycles. The van der Waals surface area contributed by atoms with Crippen LogP contribution in [0.2, 0.25) is 0 Å². The molecule has 0 saturated heterocycles. The molecule has 0 aliphatic rings. The van der Waals surface area contributed by atoms with Gasteiger partial charge in [-0.3, -0.25) is 0 Å². The fourth-order valence-corrected chi connectivity index (χ4v) is 2.44. The van der Waals surface area contributed by atoms with Crippen molar-refractivity contribution in [1.82, 2.24) is 5.32 Å². The summed E-state index contributed by atoms with van der Waals surface area (Å²) in [6.45, 7) is 6.47. The van der Waals surface area contributed by atoms with Crippen LogP contribution in [-0.4, -0.2) is 13.7 Å². The van der Waals surface area contributed by atoms with Gasteiger partial charge in [0.05, 0.1) is 6.04 Å². The van der Waals surface area contributed by atoms with Crippen LogP contribution >= 0.6 is 0 Å². The van der Waals surface area contributed by atoms with Gasteiger partial charge in [-0.15, -0.1) is 0 Å². The van der Waals surface area contributed by atoms with Crippen molar-refractivity contribution in [3.05, 3.63) is 64.5 Å². The summed E-state index contributed by atoms with van der Waals surface area (Å²) in [7, 11) is 1.89. The van der Waals surface area contributed by atoms with Crippen molar-refractivity contribution in [2.24, 2.45) is 0 Å². The third-order valence-corrected chi connectivity index (χ3v) is 3.64. The summed E-state index contributed by atoms with van der Waals surface area (Å²) in [5.74, 6) is -0.0175. The van der Waals surface area contributed by atoms with E-state index in [9.17, 15) is 4.39 Å². The molecule has 0 bridgehead atoms. The van der Waals surface area contributed by atoms with Gasteiger partial charge in [0.25, 0.3) is 0 Å². The molecule has 112 valence electrons. The third kappa shape index (κ3) is 3.82. The Morgan fingerprint density at radius 2 is 1.71 bits per heavy atom. The van der Waals surface area contributed by atoms with Crippen molar-refractivity contribution in [3.8, 4) is 5.75 Å². The monoisotopic (exact) mass is 287 g/mol. The molecule has 3 heteroatoms. The highest BCUT2D eigenvalue weighted by molar-refractivity contribution is 5.33. The van der Waals surface area contributed by atoms with E-state index in [0.717, 1.165) is 5.56 Å². The molecular weight excluding hydrogens is 265 g/mol. The van der Waals surface area contributed by atoms with Gasteiger partial charge in [-0.05, 0) is 56.6 Å². The fourth-order valence-electron chi connectivity index (χ4n) is 2.44. The number of hydrogen-bond donors (Lipinski definition) is 1. The maximum atomic E-state index is 13.7. The molecule has 0 aliphatic heterocycles. The van der Waals surface area contributed by atoms with Crippen LogP contribution in [0.5, 0.6) is 5.75 Å². The first-order chi connectivity index (χ1) is 10.0. The van der Waals surface area contributed by atoms with Crippen molar-refractivity contribution >= 4 is 0 Å². The largest absolute Gasteiger partial charge is 0.489 e. The quantitative estimate of drug-likeness (QED) is 0.894. The van der Waals surface area contributed by atoms with Crippen LogP contribution in [0.4, 0.5) is 4.39 Å². The molecule has 0 saturated carbocycles. The third-order valence-electron chi connectivity index (χ3n) is 3.64. The van der Waals surface area contributed by atoms with E-state index in [1.165, 1.54) is 22.8 Å². The lowest BCUT2D eigenvalue weighted by Crippen LogP contribution is -2.24. The molecule has 0 aliphatic carbocycles. The van der Waals surface area contributed by atoms with E-state index >= 15 is 0 Å². The summed E-state index contributed by atoms with van der Waals surface area (Å²) in [5.41, 5.74) is 4.61. The smallest absolute Gasteiger partial charge is 0.165 e. The molecule has 0 spiro atoms. The number of rotatable bonds is 5. The molecule has 2 aromatic carbocycles. The minimum absolute atomic E-state index is 0.0329. The van der Waals surface area contributed by atoms with Crippen molar-refractivity contribution < 1.29 is 9.13 Å². The highest BCUT2D eigenvalue weighted by Crippen LogP contribution is 2.23. The number of nitrogens with one attached hydrogen (secondary N) is 1. The molecule has 2 nitrogen and oxygen atoms in total. The normalized spacial score (nSPS) is 12.2. The number of halogens is 1. The summed E-state index contributed by atoms with van der Waals surface area (Å²) < 4.78 is 19.4. The van der Waals surface area contributed by atoms with Crippen molar-refractivity contribution in [2.45, 2.75) is 26.8 Å². The predicted molar refractivity (Wildman–Crippen MR) is 84.3 cm³/mol. The van der Waals surface area contributed by atoms with Gasteiger partial charge in [0.1, 0.15) is 6.61 Å². The van der Waals surface area contributed by atoms with Crippen LogP contribution in [-0.2, 0) is 0 Å². The van der Waals surface area contributed by atoms with Gasteiger partial charge in [-0.1, -0.05) is 29.8 Å². The van der Waals surface area contributed by atoms with Crippen LogP contribution in [0, 0.1) is 26.6 Å². The molecule has 0 heterocycles. The molecule has 1 atom stereocenters. The van der Waals surface area contributed by atoms with Crippen LogP contribution < -0.4 is 10.1 Å². The Balaban J connectivity index is 2.14. The molecule has 0 fully saturated rings. The fraction of sp³-hybridized carbons (Fsp3) is 0.333. The second kappa shape index (κ2) is 6.72. The Bertz CT molecular complexity index is 625. The van der Waals surface area contributed by atoms with E-state index in [-0.39, 0.29) is 11.9 Å². The van der Waals surface area contributed by atoms with Gasteiger partial charge in [0, 0.05) is 0 Å². The average Bonchev–Trinajstić information content (AvgIpc) is 2.44. The zero-order valence-electron chi connectivity index (χ0n) is 13.0. The Hall–Kier alpha value is -1.87. The number of benzene rings is 2. The summed E-state index contributed by atoms with van der Waals surface area (Å²) >= 11 is 0. The SMILES string of the molecule is CNC(COc1cc(C)ccc1F)c1ccc(C)cc1C. The molecule has 2 aromatic rings. The van der Waals surface area contributed by atoms with E-state index in [4.69, 9.17) is 4.74 Å². The van der Waals surface area contributed by atoms with Crippen LogP contribution in [0.3, 0.4) is 0 Å². The van der Waals surface area contributed by atoms with Gasteiger partial charge in [-0.25, -0.2) is 4.39 Å². The summed E-state index contributed by atoms with van der Waals surface area (Å²) in [4.78, 5) is 0. The zero-order valence-corrected chi connectivity index (χ0v) is 13.0. The van der Waals surface area contributed by atoms with Crippen LogP contribution in [0.25, 0.3) is 0 Å². The van der Waals surface area contributed by atoms with Gasteiger partial charge in [0.2, 0.25) is 0 Å². The lowest BCUT2D eigenvalue weighted by molar-refractivity contribution is 0.261. The molecular formula is C18H22FNO. The maximum Gasteiger partial charge on any atom is 0.165 e. The average molecular weight is 287 g/mol. The minimum atomic E-state index is -0.323. The Morgan fingerprint density at radius 1 is 1.05 bits per heavy atom. The van der Waals surface area contributed by atoms with E-state index < -0.39 is 0 Å². The van der Waals surface area contributed by atoms with Crippen LogP contribution in [0.15, 0.2) is 36.4 Å². The highest BCUT2D eigenvalue weighted by Gasteiger charge is 2.14. The Morgan fingerprint density at radius 3 is 2.38 bits per heavy atom. The second-order valence-corrected chi connectivity index (χ2v) is 5.45. The summed E-state index contributed by atoms with van der Waals surface area (Å²) in [6.07, 6.45) is 0. The number of hydrogen-bond acceptors (Lipinski definition) is 2. The molecule has 2 rings (SSSR count). The van der Waals surface area contributed by atoms with Crippen molar-refractivity contribution in [2.75, 3.05) is 13.7 Å². The maximum absolute atomic E-state index is 13.7. The van der Waals surface area contributed by atoms with Gasteiger partial charge >= 0.3 is 0 Å². The van der Waals surface area contributed by atoms with Crippen molar-refractivity contribution in [1.29, 1.82) is 0 Å². The number of likely N-dealkylation sites (N-methyl/N-ethyl adjacent to an activating group) is 1. The lowest BCUT2D eigenvalue weighted by atomic mass is 10.00. The first-order valence-corrected chi connectivity index (χ1v) is 7.14. The van der Waals surface area contributed by atoms with E-state index in [1.807, 2.05) is 14.0 Å². The first kappa shape index (κ1) is 15.5. The standard InChI is InChI=1S/C18H22FNO/c1-12-5-7-15(14(3)9-12)17(20-4)11-21-18-10-13(2)6-8-16(18)19/h5-10,17,20H,11H2,1-4H3. The first-order valence-electron chi connectivity index (χ1n) is 7.14. The van der Waals surface area contributed by atoms with Gasteiger partial charge < -0.3 is 10.1 Å². The number of ether oxygens (including phenoxy) is 1. The van der Waals surface area contributed by atoms with Gasteiger partial charge in [0.15, 0.2) is 11.6 Å². The van der Waals surface area contributed by atoms with E-state index in [0.29, 0.717) is 12.4 Å². The Labute approximate surface area is 126 Å². The van der Waals surface area contributed by atoms with Crippen LogP contribution in [0.1, 0.15) is 28.3 Å². The Kier molecular flexibility index (Phi) is 4.97. The highest BCUT2D eigenvalue weighted by atomic mass is 19.1. The molecule has 1 N–H and O–H groups in total. The van der Waals surface area contributed by atoms with E-state index in [2.05, 4.69) is 37.4 Å². The second-order valence-electron chi connectivity index (χ2n) is 5.45. The minimum Gasteiger partial charge on any atom is -0.489 e.